The molecule has 0 radical (unpaired) electrons. The summed E-state index contributed by atoms with van der Waals surface area (Å²) >= 11 is 0. The maximum atomic E-state index is 9.22. The van der Waals surface area contributed by atoms with Gasteiger partial charge >= 0.3 is 0 Å². The van der Waals surface area contributed by atoms with Gasteiger partial charge in [-0.05, 0) is 16.8 Å². The first-order valence-electron chi connectivity index (χ1n) is 7.28. The molecule has 108 valence electrons. The minimum atomic E-state index is 0.0628. The Balaban J connectivity index is 2.11. The van der Waals surface area contributed by atoms with Crippen LogP contribution < -0.4 is 0 Å². The van der Waals surface area contributed by atoms with E-state index < -0.39 is 0 Å². The third-order valence-corrected chi connectivity index (χ3v) is 3.57. The van der Waals surface area contributed by atoms with Gasteiger partial charge in [0.25, 0.3) is 0 Å². The number of aliphatic hydroxyl groups excluding tert-OH is 1. The molecule has 1 N–H and O–H groups in total. The lowest BCUT2D eigenvalue weighted by Crippen LogP contribution is -1.91. The van der Waals surface area contributed by atoms with E-state index in [0.29, 0.717) is 6.42 Å². The molecule has 3 heteroatoms. The zero-order chi connectivity index (χ0) is 14.8. The van der Waals surface area contributed by atoms with Crippen molar-refractivity contribution in [2.24, 2.45) is 0 Å². The van der Waals surface area contributed by atoms with Crippen molar-refractivity contribution in [1.29, 1.82) is 0 Å². The molecule has 0 unspecified atom stereocenters. The molecule has 1 heterocycles. The summed E-state index contributed by atoms with van der Waals surface area (Å²) in [4.78, 5) is 4.63. The Hall–Kier alpha value is -2.13. The summed E-state index contributed by atoms with van der Waals surface area (Å²) < 4.78 is 5.81. The number of rotatable bonds is 4. The van der Waals surface area contributed by atoms with Gasteiger partial charge in [0.2, 0.25) is 0 Å². The lowest BCUT2D eigenvalue weighted by molar-refractivity contribution is 0.285. The van der Waals surface area contributed by atoms with Crippen molar-refractivity contribution in [3.63, 3.8) is 0 Å². The van der Waals surface area contributed by atoms with E-state index in [-0.39, 0.29) is 12.5 Å². The van der Waals surface area contributed by atoms with Gasteiger partial charge in [-0.1, -0.05) is 50.2 Å². The van der Waals surface area contributed by atoms with Crippen LogP contribution in [0, 0.1) is 0 Å². The zero-order valence-electron chi connectivity index (χ0n) is 12.3. The van der Waals surface area contributed by atoms with Gasteiger partial charge in [-0.25, -0.2) is 4.98 Å². The number of hydrogen-bond donors (Lipinski definition) is 1. The molecule has 3 nitrogen and oxygen atoms in total. The summed E-state index contributed by atoms with van der Waals surface area (Å²) in [6, 6.07) is 14.5. The molecule has 3 rings (SSSR count). The molecule has 0 fully saturated rings. The summed E-state index contributed by atoms with van der Waals surface area (Å²) in [6.07, 6.45) is 0.488. The van der Waals surface area contributed by atoms with Crippen molar-refractivity contribution in [3.8, 4) is 11.3 Å². The highest BCUT2D eigenvalue weighted by molar-refractivity contribution is 5.87. The van der Waals surface area contributed by atoms with Crippen LogP contribution in [0.3, 0.4) is 0 Å². The standard InChI is InChI=1S/C18H19NO2/c1-12(2)18-19-17(16(21-18)9-10-20)15-8-7-13-5-3-4-6-14(13)11-15/h3-8,11-12,20H,9-10H2,1-2H3. The molecule has 0 atom stereocenters. The minimum absolute atomic E-state index is 0.0628. The van der Waals surface area contributed by atoms with Crippen molar-refractivity contribution < 1.29 is 9.52 Å². The molecule has 0 aliphatic carbocycles. The summed E-state index contributed by atoms with van der Waals surface area (Å²) in [6.45, 7) is 4.17. The third-order valence-electron chi connectivity index (χ3n) is 3.57. The first kappa shape index (κ1) is 13.8. The Morgan fingerprint density at radius 3 is 2.57 bits per heavy atom. The number of hydrogen-bond acceptors (Lipinski definition) is 3. The van der Waals surface area contributed by atoms with Crippen molar-refractivity contribution in [2.45, 2.75) is 26.2 Å². The van der Waals surface area contributed by atoms with E-state index in [9.17, 15) is 5.11 Å². The second-order valence-electron chi connectivity index (χ2n) is 5.51. The maximum Gasteiger partial charge on any atom is 0.197 e. The maximum absolute atomic E-state index is 9.22. The van der Waals surface area contributed by atoms with Crippen molar-refractivity contribution in [1.82, 2.24) is 4.98 Å². The minimum Gasteiger partial charge on any atom is -0.445 e. The van der Waals surface area contributed by atoms with E-state index in [2.05, 4.69) is 49.2 Å². The summed E-state index contributed by atoms with van der Waals surface area (Å²) in [5.74, 6) is 1.72. The van der Waals surface area contributed by atoms with E-state index in [1.54, 1.807) is 0 Å². The molecule has 0 aliphatic rings. The number of aliphatic hydroxyl groups is 1. The van der Waals surface area contributed by atoms with Gasteiger partial charge in [-0.2, -0.15) is 0 Å². The Morgan fingerprint density at radius 1 is 1.10 bits per heavy atom. The van der Waals surface area contributed by atoms with Crippen LogP contribution in [0.2, 0.25) is 0 Å². The SMILES string of the molecule is CC(C)c1nc(-c2ccc3ccccc3c2)c(CCO)o1. The van der Waals surface area contributed by atoms with Crippen molar-refractivity contribution in [3.05, 3.63) is 54.1 Å². The highest BCUT2D eigenvalue weighted by Crippen LogP contribution is 2.29. The van der Waals surface area contributed by atoms with E-state index >= 15 is 0 Å². The first-order chi connectivity index (χ1) is 10.2. The lowest BCUT2D eigenvalue weighted by atomic mass is 10.0. The molecule has 0 amide bonds. The second kappa shape index (κ2) is 5.70. The molecule has 0 spiro atoms. The molecule has 0 saturated carbocycles. The van der Waals surface area contributed by atoms with Gasteiger partial charge in [0, 0.05) is 17.9 Å². The average molecular weight is 281 g/mol. The fourth-order valence-corrected chi connectivity index (χ4v) is 2.45. The number of oxazole rings is 1. The van der Waals surface area contributed by atoms with Crippen LogP contribution in [0.1, 0.15) is 31.4 Å². The van der Waals surface area contributed by atoms with Gasteiger partial charge in [-0.3, -0.25) is 0 Å². The molecule has 21 heavy (non-hydrogen) atoms. The zero-order valence-corrected chi connectivity index (χ0v) is 12.3. The van der Waals surface area contributed by atoms with Crippen LogP contribution in [0.15, 0.2) is 46.9 Å². The Morgan fingerprint density at radius 2 is 1.86 bits per heavy atom. The molecule has 1 aromatic heterocycles. The van der Waals surface area contributed by atoms with E-state index in [1.807, 2.05) is 12.1 Å². The molecule has 3 aromatic rings. The first-order valence-corrected chi connectivity index (χ1v) is 7.28. The number of aromatic nitrogens is 1. The highest BCUT2D eigenvalue weighted by atomic mass is 16.4. The fraction of sp³-hybridized carbons (Fsp3) is 0.278. The third kappa shape index (κ3) is 2.69. The summed E-state index contributed by atoms with van der Waals surface area (Å²) in [5, 5.41) is 11.6. The van der Waals surface area contributed by atoms with Gasteiger partial charge in [0.05, 0.1) is 6.61 Å². The van der Waals surface area contributed by atoms with Crippen molar-refractivity contribution in [2.75, 3.05) is 6.61 Å². The predicted molar refractivity (Wildman–Crippen MR) is 84.3 cm³/mol. The Bertz CT molecular complexity index is 759. The average Bonchev–Trinajstić information content (AvgIpc) is 2.91. The molecule has 2 aromatic carbocycles. The van der Waals surface area contributed by atoms with Gasteiger partial charge in [0.15, 0.2) is 5.89 Å². The topological polar surface area (TPSA) is 46.3 Å². The van der Waals surface area contributed by atoms with Crippen LogP contribution in [0.5, 0.6) is 0 Å². The predicted octanol–water partition coefficient (Wildman–Crippen LogP) is 4.15. The fourth-order valence-electron chi connectivity index (χ4n) is 2.45. The Labute approximate surface area is 124 Å². The number of nitrogens with zero attached hydrogens (tertiary/aromatic N) is 1. The molecule has 0 bridgehead atoms. The van der Waals surface area contributed by atoms with Crippen molar-refractivity contribution >= 4 is 10.8 Å². The number of benzene rings is 2. The highest BCUT2D eigenvalue weighted by Gasteiger charge is 2.16. The van der Waals surface area contributed by atoms with E-state index in [0.717, 1.165) is 22.9 Å². The van der Waals surface area contributed by atoms with Crippen LogP contribution in [-0.4, -0.2) is 16.7 Å². The summed E-state index contributed by atoms with van der Waals surface area (Å²) in [5.41, 5.74) is 1.88. The molecular weight excluding hydrogens is 262 g/mol. The Kier molecular flexibility index (Phi) is 3.76. The van der Waals surface area contributed by atoms with Crippen LogP contribution in [0.4, 0.5) is 0 Å². The molecule has 0 aliphatic heterocycles. The second-order valence-corrected chi connectivity index (χ2v) is 5.51. The van der Waals surface area contributed by atoms with E-state index in [1.165, 1.54) is 10.8 Å². The number of fused-ring (bicyclic) bond motifs is 1. The summed E-state index contributed by atoms with van der Waals surface area (Å²) in [7, 11) is 0. The van der Waals surface area contributed by atoms with Gasteiger partial charge < -0.3 is 9.52 Å². The smallest absolute Gasteiger partial charge is 0.197 e. The largest absolute Gasteiger partial charge is 0.445 e. The van der Waals surface area contributed by atoms with E-state index in [4.69, 9.17) is 4.42 Å². The van der Waals surface area contributed by atoms with Gasteiger partial charge in [-0.15, -0.1) is 0 Å². The normalized spacial score (nSPS) is 11.4. The monoisotopic (exact) mass is 281 g/mol. The van der Waals surface area contributed by atoms with Crippen LogP contribution >= 0.6 is 0 Å². The molecule has 0 saturated heterocycles. The lowest BCUT2D eigenvalue weighted by Gasteiger charge is -2.02. The quantitative estimate of drug-likeness (QED) is 0.781. The molecular formula is C18H19NO2. The van der Waals surface area contributed by atoms with Gasteiger partial charge in [0.1, 0.15) is 11.5 Å². The van der Waals surface area contributed by atoms with Crippen LogP contribution in [0.25, 0.3) is 22.0 Å². The van der Waals surface area contributed by atoms with Crippen LogP contribution in [-0.2, 0) is 6.42 Å².